The first kappa shape index (κ1) is 38.5. The van der Waals surface area contributed by atoms with E-state index in [0.29, 0.717) is 0 Å². The standard InChI is InChI=1S/C45H50N4O4S2/c1-3-5-7-9-11-13-23-45(24-14-12-10-8-6-4-2)37-25-29(39-21-17-31(54-39)27-35-41(50)46-47-42(35)51)15-19-33(37)34-20-16-30(26-38(34)45)40-22-18-32(55-40)28-36-43(52)48-49-44(36)53/h15-22,25-28H,3-14,23-24H2,1-2H3,(H,46,50)(H,47,51)(H,48,52)(H,49,53). The number of nitrogens with one attached hydrogen (secondary N) is 4. The van der Waals surface area contributed by atoms with Gasteiger partial charge in [0, 0.05) is 24.9 Å². The van der Waals surface area contributed by atoms with Gasteiger partial charge >= 0.3 is 0 Å². The van der Waals surface area contributed by atoms with Gasteiger partial charge in [0.1, 0.15) is 11.1 Å². The molecular formula is C45H50N4O4S2. The minimum absolute atomic E-state index is 0.120. The molecule has 0 atom stereocenters. The minimum atomic E-state index is -0.409. The molecule has 0 spiro atoms. The third-order valence-electron chi connectivity index (χ3n) is 11.2. The fourth-order valence-corrected chi connectivity index (χ4v) is 10.2. The number of benzene rings is 2. The van der Waals surface area contributed by atoms with Gasteiger partial charge in [0.05, 0.1) is 0 Å². The van der Waals surface area contributed by atoms with Crippen LogP contribution in [-0.2, 0) is 24.6 Å². The van der Waals surface area contributed by atoms with Crippen LogP contribution in [0.2, 0.25) is 0 Å². The molecule has 286 valence electrons. The molecule has 4 heterocycles. The number of unbranched alkanes of at least 4 members (excludes halogenated alkanes) is 10. The molecule has 4 amide bonds. The molecule has 7 rings (SSSR count). The smallest absolute Gasteiger partial charge is 0.267 e. The Morgan fingerprint density at radius 3 is 1.27 bits per heavy atom. The Kier molecular flexibility index (Phi) is 12.1. The molecule has 2 aromatic carbocycles. The van der Waals surface area contributed by atoms with E-state index in [1.165, 1.54) is 86.5 Å². The van der Waals surface area contributed by atoms with Gasteiger partial charge in [0.2, 0.25) is 0 Å². The summed E-state index contributed by atoms with van der Waals surface area (Å²) in [4.78, 5) is 52.8. The van der Waals surface area contributed by atoms with Gasteiger partial charge in [0.25, 0.3) is 23.6 Å². The van der Waals surface area contributed by atoms with Crippen molar-refractivity contribution in [1.82, 2.24) is 21.7 Å². The van der Waals surface area contributed by atoms with Gasteiger partial charge < -0.3 is 0 Å². The van der Waals surface area contributed by atoms with E-state index >= 15 is 0 Å². The third kappa shape index (κ3) is 8.26. The van der Waals surface area contributed by atoms with Crippen molar-refractivity contribution >= 4 is 58.5 Å². The van der Waals surface area contributed by atoms with Crippen LogP contribution in [0.25, 0.3) is 44.2 Å². The Bertz CT molecular complexity index is 1970. The van der Waals surface area contributed by atoms with Crippen LogP contribution in [-0.4, -0.2) is 23.6 Å². The third-order valence-corrected chi connectivity index (χ3v) is 13.4. The van der Waals surface area contributed by atoms with Crippen LogP contribution in [0.3, 0.4) is 0 Å². The second-order valence-electron chi connectivity index (χ2n) is 15.0. The average molecular weight is 775 g/mol. The van der Waals surface area contributed by atoms with Crippen molar-refractivity contribution < 1.29 is 19.2 Å². The summed E-state index contributed by atoms with van der Waals surface area (Å²) in [6.45, 7) is 4.53. The molecule has 0 saturated carbocycles. The second-order valence-corrected chi connectivity index (χ2v) is 17.2. The predicted octanol–water partition coefficient (Wildman–Crippen LogP) is 10.0. The highest BCUT2D eigenvalue weighted by atomic mass is 32.1. The molecule has 8 nitrogen and oxygen atoms in total. The van der Waals surface area contributed by atoms with E-state index in [-0.39, 0.29) is 16.6 Å². The number of hydrogen-bond donors (Lipinski definition) is 4. The van der Waals surface area contributed by atoms with Gasteiger partial charge in [-0.25, -0.2) is 0 Å². The summed E-state index contributed by atoms with van der Waals surface area (Å²) in [5.41, 5.74) is 17.3. The summed E-state index contributed by atoms with van der Waals surface area (Å²) in [6.07, 6.45) is 20.4. The lowest BCUT2D eigenvalue weighted by molar-refractivity contribution is -0.118. The number of amides is 4. The van der Waals surface area contributed by atoms with E-state index in [9.17, 15) is 19.2 Å². The maximum atomic E-state index is 12.2. The Morgan fingerprint density at radius 1 is 0.491 bits per heavy atom. The molecule has 2 aromatic heterocycles. The van der Waals surface area contributed by atoms with Crippen LogP contribution in [0.1, 0.15) is 125 Å². The number of fused-ring (bicyclic) bond motifs is 3. The summed E-state index contributed by atoms with van der Waals surface area (Å²) in [5.74, 6) is -1.64. The van der Waals surface area contributed by atoms with Crippen LogP contribution >= 0.6 is 22.7 Å². The molecule has 55 heavy (non-hydrogen) atoms. The first-order chi connectivity index (χ1) is 26.8. The Labute approximate surface area is 331 Å². The summed E-state index contributed by atoms with van der Waals surface area (Å²) in [5, 5.41) is 0. The molecular weight excluding hydrogens is 725 g/mol. The maximum Gasteiger partial charge on any atom is 0.275 e. The fourth-order valence-electron chi connectivity index (χ4n) is 8.30. The largest absolute Gasteiger partial charge is 0.275 e. The quantitative estimate of drug-likeness (QED) is 0.0458. The zero-order chi connectivity index (χ0) is 38.4. The molecule has 0 radical (unpaired) electrons. The normalized spacial score (nSPS) is 15.5. The lowest BCUT2D eigenvalue weighted by atomic mass is 9.70. The first-order valence-corrected chi connectivity index (χ1v) is 21.6. The van der Waals surface area contributed by atoms with Crippen molar-refractivity contribution in [3.63, 3.8) is 0 Å². The van der Waals surface area contributed by atoms with Gasteiger partial charge in [0.15, 0.2) is 0 Å². The highest BCUT2D eigenvalue weighted by Crippen LogP contribution is 2.56. The van der Waals surface area contributed by atoms with E-state index in [1.807, 2.05) is 12.1 Å². The topological polar surface area (TPSA) is 116 Å². The van der Waals surface area contributed by atoms with Gasteiger partial charge in [-0.05, 0) is 94.8 Å². The number of hydrogen-bond acceptors (Lipinski definition) is 6. The molecule has 4 N–H and O–H groups in total. The Balaban J connectivity index is 1.27. The van der Waals surface area contributed by atoms with E-state index < -0.39 is 23.6 Å². The summed E-state index contributed by atoms with van der Waals surface area (Å²) in [7, 11) is 0. The molecule has 4 aromatic rings. The number of hydrazine groups is 2. The van der Waals surface area contributed by atoms with Crippen LogP contribution in [0.4, 0.5) is 0 Å². The Morgan fingerprint density at radius 2 is 0.873 bits per heavy atom. The first-order valence-electron chi connectivity index (χ1n) is 20.0. The molecule has 2 aliphatic heterocycles. The van der Waals surface area contributed by atoms with Crippen molar-refractivity contribution in [2.24, 2.45) is 0 Å². The van der Waals surface area contributed by atoms with Crippen molar-refractivity contribution in [3.05, 3.63) is 92.7 Å². The molecule has 10 heteroatoms. The van der Waals surface area contributed by atoms with Gasteiger partial charge in [-0.15, -0.1) is 22.7 Å². The molecule has 0 unspecified atom stereocenters. The fraction of sp³-hybridized carbons (Fsp3) is 0.378. The highest BCUT2D eigenvalue weighted by Gasteiger charge is 2.43. The number of carbonyl (C=O) groups is 4. The van der Waals surface area contributed by atoms with Crippen molar-refractivity contribution in [1.29, 1.82) is 0 Å². The SMILES string of the molecule is CCCCCCCCC1(CCCCCCCC)c2cc(-c3ccc(C=C4C(=O)NNC4=O)s3)ccc2-c2ccc(-c3ccc(C=C4C(=O)NNC4=O)s3)cc21. The molecule has 2 fully saturated rings. The Hall–Kier alpha value is -4.80. The summed E-state index contributed by atoms with van der Waals surface area (Å²) < 4.78 is 0. The highest BCUT2D eigenvalue weighted by molar-refractivity contribution is 7.16. The number of thiophene rings is 2. The zero-order valence-electron chi connectivity index (χ0n) is 31.8. The average Bonchev–Trinajstić information content (AvgIpc) is 4.03. The maximum absolute atomic E-state index is 12.2. The second kappa shape index (κ2) is 17.3. The minimum Gasteiger partial charge on any atom is -0.267 e. The van der Waals surface area contributed by atoms with Crippen LogP contribution in [0.5, 0.6) is 0 Å². The molecule has 2 saturated heterocycles. The van der Waals surface area contributed by atoms with Crippen molar-refractivity contribution in [2.75, 3.05) is 0 Å². The summed E-state index contributed by atoms with van der Waals surface area (Å²) in [6, 6.07) is 22.0. The van der Waals surface area contributed by atoms with Crippen molar-refractivity contribution in [3.8, 4) is 32.0 Å². The summed E-state index contributed by atoms with van der Waals surface area (Å²) >= 11 is 3.18. The van der Waals surface area contributed by atoms with Crippen molar-refractivity contribution in [2.45, 2.75) is 109 Å². The monoisotopic (exact) mass is 774 g/mol. The van der Waals surface area contributed by atoms with Gasteiger partial charge in [-0.1, -0.05) is 115 Å². The zero-order valence-corrected chi connectivity index (χ0v) is 33.4. The van der Waals surface area contributed by atoms with Crippen LogP contribution < -0.4 is 21.7 Å². The lowest BCUT2D eigenvalue weighted by Crippen LogP contribution is -2.28. The van der Waals surface area contributed by atoms with E-state index in [0.717, 1.165) is 56.3 Å². The molecule has 3 aliphatic rings. The van der Waals surface area contributed by atoms with Gasteiger partial charge in [-0.2, -0.15) is 0 Å². The van der Waals surface area contributed by atoms with Gasteiger partial charge in [-0.3, -0.25) is 40.9 Å². The van der Waals surface area contributed by atoms with E-state index in [2.05, 4.69) is 84.1 Å². The molecule has 0 bridgehead atoms. The predicted molar refractivity (Wildman–Crippen MR) is 224 cm³/mol. The van der Waals surface area contributed by atoms with Crippen LogP contribution in [0, 0.1) is 0 Å². The lowest BCUT2D eigenvalue weighted by Gasteiger charge is -2.33. The van der Waals surface area contributed by atoms with Crippen LogP contribution in [0.15, 0.2) is 71.8 Å². The van der Waals surface area contributed by atoms with E-state index in [1.54, 1.807) is 34.8 Å². The van der Waals surface area contributed by atoms with E-state index in [4.69, 9.17) is 0 Å². The number of carbonyl (C=O) groups excluding carboxylic acids is 4. The molecule has 1 aliphatic carbocycles. The number of rotatable bonds is 18.